The van der Waals surface area contributed by atoms with E-state index in [0.29, 0.717) is 0 Å². The van der Waals surface area contributed by atoms with Gasteiger partial charge in [-0.3, -0.25) is 0 Å². The van der Waals surface area contributed by atoms with Crippen LogP contribution in [0.2, 0.25) is 0 Å². The van der Waals surface area contributed by atoms with E-state index in [2.05, 4.69) is 17.1 Å². The first-order valence-corrected chi connectivity index (χ1v) is 8.36. The second-order valence-electron chi connectivity index (χ2n) is 6.25. The minimum atomic E-state index is -0.332. The highest BCUT2D eigenvalue weighted by Gasteiger charge is 2.34. The molecular formula is C16H29N3O. The zero-order chi connectivity index (χ0) is 14.3. The standard InChI is InChI=1S/C16H29N3O/c1-2-3-4-5-6-8-11-14-18-15(19-20-14)16(17)12-9-7-10-13-16/h2-13,17H2,1H3. The normalized spacial score (nSPS) is 18.3. The number of hydrogen-bond acceptors (Lipinski definition) is 4. The largest absolute Gasteiger partial charge is 0.339 e. The van der Waals surface area contributed by atoms with Crippen LogP contribution in [0.3, 0.4) is 0 Å². The Kier molecular flexibility index (Phi) is 6.02. The van der Waals surface area contributed by atoms with Crippen LogP contribution in [0.4, 0.5) is 0 Å². The summed E-state index contributed by atoms with van der Waals surface area (Å²) >= 11 is 0. The molecule has 2 rings (SSSR count). The van der Waals surface area contributed by atoms with Crippen LogP contribution in [0.25, 0.3) is 0 Å². The van der Waals surface area contributed by atoms with Gasteiger partial charge in [-0.25, -0.2) is 0 Å². The molecule has 0 amide bonds. The Morgan fingerprint density at radius 1 is 1.05 bits per heavy atom. The quantitative estimate of drug-likeness (QED) is 0.728. The molecule has 1 aliphatic carbocycles. The third kappa shape index (κ3) is 4.30. The van der Waals surface area contributed by atoms with E-state index < -0.39 is 0 Å². The number of nitrogens with zero attached hydrogens (tertiary/aromatic N) is 2. The van der Waals surface area contributed by atoms with E-state index in [1.165, 1.54) is 51.4 Å². The number of aryl methyl sites for hydroxylation is 1. The Labute approximate surface area is 122 Å². The van der Waals surface area contributed by atoms with Crippen LogP contribution < -0.4 is 5.73 Å². The predicted molar refractivity (Wildman–Crippen MR) is 80.3 cm³/mol. The lowest BCUT2D eigenvalue weighted by Gasteiger charge is -2.29. The van der Waals surface area contributed by atoms with Crippen molar-refractivity contribution >= 4 is 0 Å². The first-order valence-electron chi connectivity index (χ1n) is 8.36. The molecule has 4 nitrogen and oxygen atoms in total. The fourth-order valence-corrected chi connectivity index (χ4v) is 3.02. The van der Waals surface area contributed by atoms with Crippen LogP contribution in [0.1, 0.15) is 89.3 Å². The van der Waals surface area contributed by atoms with Gasteiger partial charge in [0.1, 0.15) is 0 Å². The molecule has 0 aliphatic heterocycles. The van der Waals surface area contributed by atoms with Crippen molar-refractivity contribution in [1.29, 1.82) is 0 Å². The zero-order valence-corrected chi connectivity index (χ0v) is 12.9. The van der Waals surface area contributed by atoms with Gasteiger partial charge in [0.2, 0.25) is 5.89 Å². The maximum absolute atomic E-state index is 6.42. The molecule has 0 atom stereocenters. The minimum absolute atomic E-state index is 0.332. The van der Waals surface area contributed by atoms with Gasteiger partial charge >= 0.3 is 0 Å². The van der Waals surface area contributed by atoms with Gasteiger partial charge < -0.3 is 10.3 Å². The summed E-state index contributed by atoms with van der Waals surface area (Å²) in [4.78, 5) is 4.54. The van der Waals surface area contributed by atoms with Gasteiger partial charge in [-0.15, -0.1) is 0 Å². The van der Waals surface area contributed by atoms with Crippen molar-refractivity contribution in [3.63, 3.8) is 0 Å². The van der Waals surface area contributed by atoms with Crippen LogP contribution in [0, 0.1) is 0 Å². The third-order valence-electron chi connectivity index (χ3n) is 4.40. The molecule has 1 heterocycles. The second-order valence-corrected chi connectivity index (χ2v) is 6.25. The zero-order valence-electron chi connectivity index (χ0n) is 12.9. The van der Waals surface area contributed by atoms with E-state index >= 15 is 0 Å². The number of aromatic nitrogens is 2. The minimum Gasteiger partial charge on any atom is -0.339 e. The smallest absolute Gasteiger partial charge is 0.226 e. The van der Waals surface area contributed by atoms with E-state index in [1.54, 1.807) is 0 Å². The maximum Gasteiger partial charge on any atom is 0.226 e. The molecule has 4 heteroatoms. The fourth-order valence-electron chi connectivity index (χ4n) is 3.02. The molecule has 114 valence electrons. The molecule has 0 unspecified atom stereocenters. The second kappa shape index (κ2) is 7.77. The average Bonchev–Trinajstić information content (AvgIpc) is 2.93. The molecule has 0 radical (unpaired) electrons. The molecule has 1 aliphatic rings. The first-order chi connectivity index (χ1) is 9.74. The number of hydrogen-bond donors (Lipinski definition) is 1. The monoisotopic (exact) mass is 279 g/mol. The molecule has 20 heavy (non-hydrogen) atoms. The van der Waals surface area contributed by atoms with Crippen LogP contribution in [0.15, 0.2) is 4.52 Å². The van der Waals surface area contributed by atoms with Crippen molar-refractivity contribution in [1.82, 2.24) is 10.1 Å². The van der Waals surface area contributed by atoms with Crippen LogP contribution >= 0.6 is 0 Å². The molecule has 2 N–H and O–H groups in total. The number of nitrogens with two attached hydrogens (primary N) is 1. The highest BCUT2D eigenvalue weighted by molar-refractivity contribution is 5.05. The lowest BCUT2D eigenvalue weighted by molar-refractivity contribution is 0.273. The topological polar surface area (TPSA) is 64.9 Å². The summed E-state index contributed by atoms with van der Waals surface area (Å²) in [6, 6.07) is 0. The first kappa shape index (κ1) is 15.5. The summed E-state index contributed by atoms with van der Waals surface area (Å²) in [5.74, 6) is 1.50. The molecule has 0 saturated heterocycles. The molecular weight excluding hydrogens is 250 g/mol. The van der Waals surface area contributed by atoms with Gasteiger partial charge in [0, 0.05) is 6.42 Å². The Bertz CT molecular complexity index is 383. The number of unbranched alkanes of at least 4 members (excludes halogenated alkanes) is 5. The van der Waals surface area contributed by atoms with Crippen molar-refractivity contribution in [2.45, 2.75) is 89.5 Å². The SMILES string of the molecule is CCCCCCCCc1nc(C2(N)CCCCC2)no1. The Morgan fingerprint density at radius 2 is 1.75 bits per heavy atom. The molecule has 1 saturated carbocycles. The van der Waals surface area contributed by atoms with Crippen LogP contribution in [0.5, 0.6) is 0 Å². The summed E-state index contributed by atoms with van der Waals surface area (Å²) in [5, 5.41) is 4.13. The van der Waals surface area contributed by atoms with Gasteiger partial charge in [-0.2, -0.15) is 4.98 Å². The summed E-state index contributed by atoms with van der Waals surface area (Å²) < 4.78 is 5.37. The lowest BCUT2D eigenvalue weighted by Crippen LogP contribution is -2.39. The highest BCUT2D eigenvalue weighted by Crippen LogP contribution is 2.33. The van der Waals surface area contributed by atoms with E-state index in [1.807, 2.05) is 0 Å². The number of rotatable bonds is 8. The van der Waals surface area contributed by atoms with Crippen LogP contribution in [-0.4, -0.2) is 10.1 Å². The molecule has 1 fully saturated rings. The van der Waals surface area contributed by atoms with E-state index in [0.717, 1.165) is 37.4 Å². The summed E-state index contributed by atoms with van der Waals surface area (Å²) in [7, 11) is 0. The Hall–Kier alpha value is -0.900. The van der Waals surface area contributed by atoms with E-state index in [4.69, 9.17) is 10.3 Å². The van der Waals surface area contributed by atoms with Crippen molar-refractivity contribution in [2.24, 2.45) is 5.73 Å². The van der Waals surface area contributed by atoms with E-state index in [9.17, 15) is 0 Å². The summed E-state index contributed by atoms with van der Waals surface area (Å²) in [6.07, 6.45) is 14.2. The van der Waals surface area contributed by atoms with Crippen LogP contribution in [-0.2, 0) is 12.0 Å². The Balaban J connectivity index is 1.74. The fraction of sp³-hybridized carbons (Fsp3) is 0.875. The molecule has 0 spiro atoms. The van der Waals surface area contributed by atoms with Gasteiger partial charge in [-0.1, -0.05) is 63.4 Å². The molecule has 1 aromatic heterocycles. The van der Waals surface area contributed by atoms with Gasteiger partial charge in [0.25, 0.3) is 0 Å². The van der Waals surface area contributed by atoms with Gasteiger partial charge in [0.15, 0.2) is 5.82 Å². The average molecular weight is 279 g/mol. The Morgan fingerprint density at radius 3 is 2.50 bits per heavy atom. The van der Waals surface area contributed by atoms with Crippen molar-refractivity contribution in [3.05, 3.63) is 11.7 Å². The summed E-state index contributed by atoms with van der Waals surface area (Å²) in [5.41, 5.74) is 6.09. The molecule has 1 aromatic rings. The van der Waals surface area contributed by atoms with Crippen molar-refractivity contribution in [3.8, 4) is 0 Å². The van der Waals surface area contributed by atoms with Gasteiger partial charge in [-0.05, 0) is 19.3 Å². The van der Waals surface area contributed by atoms with E-state index in [-0.39, 0.29) is 5.54 Å². The predicted octanol–water partition coefficient (Wildman–Crippen LogP) is 4.09. The van der Waals surface area contributed by atoms with Gasteiger partial charge in [0.05, 0.1) is 5.54 Å². The van der Waals surface area contributed by atoms with Crippen molar-refractivity contribution < 1.29 is 4.52 Å². The third-order valence-corrected chi connectivity index (χ3v) is 4.40. The molecule has 0 bridgehead atoms. The van der Waals surface area contributed by atoms with Crippen molar-refractivity contribution in [2.75, 3.05) is 0 Å². The highest BCUT2D eigenvalue weighted by atomic mass is 16.5. The maximum atomic E-state index is 6.42. The molecule has 0 aromatic carbocycles. The lowest BCUT2D eigenvalue weighted by atomic mass is 9.82. The summed E-state index contributed by atoms with van der Waals surface area (Å²) in [6.45, 7) is 2.24.